The molecule has 0 aromatic carbocycles. The highest BCUT2D eigenvalue weighted by atomic mass is 19.3. The monoisotopic (exact) mass is 402 g/mol. The summed E-state index contributed by atoms with van der Waals surface area (Å²) in [7, 11) is 0. The highest BCUT2D eigenvalue weighted by Crippen LogP contribution is 2.33. The summed E-state index contributed by atoms with van der Waals surface area (Å²) in [6.07, 6.45) is 2.89. The molecule has 1 aliphatic heterocycles. The summed E-state index contributed by atoms with van der Waals surface area (Å²) in [6.45, 7) is 1.64. The molecule has 0 fully saturated rings. The summed E-state index contributed by atoms with van der Waals surface area (Å²) in [5.41, 5.74) is 1.73. The number of rotatable bonds is 5. The van der Waals surface area contributed by atoms with Crippen molar-refractivity contribution in [2.24, 2.45) is 0 Å². The molecule has 0 spiro atoms. The van der Waals surface area contributed by atoms with Crippen LogP contribution in [0, 0.1) is 5.95 Å². The normalized spacial score (nSPS) is 16.0. The van der Waals surface area contributed by atoms with Crippen molar-refractivity contribution in [3.63, 3.8) is 0 Å². The van der Waals surface area contributed by atoms with Gasteiger partial charge in [0, 0.05) is 49.3 Å². The Morgan fingerprint density at radius 2 is 1.93 bits per heavy atom. The van der Waals surface area contributed by atoms with E-state index in [-0.39, 0.29) is 11.8 Å². The minimum Gasteiger partial charge on any atom is -0.487 e. The predicted molar refractivity (Wildman–Crippen MR) is 98.2 cm³/mol. The second kappa shape index (κ2) is 7.98. The molecule has 0 bridgehead atoms. The molecule has 4 rings (SSSR count). The molecular weight excluding hydrogens is 385 g/mol. The molecule has 1 aliphatic rings. The quantitative estimate of drug-likeness (QED) is 0.607. The van der Waals surface area contributed by atoms with Gasteiger partial charge in [-0.15, -0.1) is 0 Å². The van der Waals surface area contributed by atoms with Crippen molar-refractivity contribution in [3.05, 3.63) is 54.0 Å². The first-order valence-corrected chi connectivity index (χ1v) is 8.99. The Labute approximate surface area is 164 Å². The highest BCUT2D eigenvalue weighted by Gasteiger charge is 2.28. The predicted octanol–water partition coefficient (Wildman–Crippen LogP) is 3.24. The van der Waals surface area contributed by atoms with E-state index < -0.39 is 19.0 Å². The number of hydrogen-bond donors (Lipinski definition) is 0. The average Bonchev–Trinajstić information content (AvgIpc) is 2.72. The van der Waals surface area contributed by atoms with E-state index in [2.05, 4.69) is 24.9 Å². The lowest BCUT2D eigenvalue weighted by Gasteiger charge is -2.35. The third kappa shape index (κ3) is 4.10. The van der Waals surface area contributed by atoms with Gasteiger partial charge in [0.1, 0.15) is 18.2 Å². The number of fused-ring (bicyclic) bond motifs is 1. The van der Waals surface area contributed by atoms with Gasteiger partial charge in [0.05, 0.1) is 11.7 Å². The largest absolute Gasteiger partial charge is 0.487 e. The van der Waals surface area contributed by atoms with E-state index in [1.54, 1.807) is 24.7 Å². The minimum absolute atomic E-state index is 0.0126. The molecule has 150 valence electrons. The van der Waals surface area contributed by atoms with Gasteiger partial charge in [0.2, 0.25) is 5.95 Å². The molecule has 0 saturated carbocycles. The Balaban J connectivity index is 1.60. The van der Waals surface area contributed by atoms with Gasteiger partial charge in [-0.1, -0.05) is 0 Å². The fraction of sp³-hybridized carbons (Fsp3) is 0.316. The van der Waals surface area contributed by atoms with Gasteiger partial charge in [-0.25, -0.2) is 33.7 Å². The molecule has 1 atom stereocenters. The Morgan fingerprint density at radius 1 is 1.14 bits per heavy atom. The first-order chi connectivity index (χ1) is 14.0. The zero-order valence-corrected chi connectivity index (χ0v) is 15.5. The van der Waals surface area contributed by atoms with Crippen molar-refractivity contribution >= 4 is 5.82 Å². The maximum atomic E-state index is 13.9. The van der Waals surface area contributed by atoms with Crippen LogP contribution in [-0.4, -0.2) is 44.5 Å². The van der Waals surface area contributed by atoms with Crippen LogP contribution < -0.4 is 9.64 Å². The Kier molecular flexibility index (Phi) is 5.24. The summed E-state index contributed by atoms with van der Waals surface area (Å²) in [5, 5.41) is 0. The lowest BCUT2D eigenvalue weighted by Crippen LogP contribution is -2.35. The smallest absolute Gasteiger partial charge is 0.272 e. The molecule has 1 unspecified atom stereocenters. The van der Waals surface area contributed by atoms with E-state index >= 15 is 0 Å². The number of ether oxygens (including phenoxy) is 1. The molecule has 3 aromatic heterocycles. The van der Waals surface area contributed by atoms with E-state index in [9.17, 15) is 13.2 Å². The van der Waals surface area contributed by atoms with E-state index in [1.165, 1.54) is 6.07 Å². The number of halogens is 3. The maximum absolute atomic E-state index is 13.9. The third-order valence-corrected chi connectivity index (χ3v) is 4.60. The molecule has 3 aromatic rings. The molecule has 0 amide bonds. The number of pyridine rings is 1. The van der Waals surface area contributed by atoms with Crippen LogP contribution in [0.2, 0.25) is 0 Å². The first-order valence-electron chi connectivity index (χ1n) is 8.99. The van der Waals surface area contributed by atoms with Crippen LogP contribution in [0.4, 0.5) is 19.0 Å². The van der Waals surface area contributed by atoms with Crippen molar-refractivity contribution < 1.29 is 17.9 Å². The Hall–Kier alpha value is -3.30. The van der Waals surface area contributed by atoms with Gasteiger partial charge in [0.15, 0.2) is 11.6 Å². The third-order valence-electron chi connectivity index (χ3n) is 4.60. The lowest BCUT2D eigenvalue weighted by molar-refractivity contribution is 0.0816. The van der Waals surface area contributed by atoms with E-state index in [0.717, 1.165) is 17.3 Å². The van der Waals surface area contributed by atoms with Crippen molar-refractivity contribution in [3.8, 4) is 17.4 Å². The van der Waals surface area contributed by atoms with Gasteiger partial charge < -0.3 is 9.64 Å². The summed E-state index contributed by atoms with van der Waals surface area (Å²) in [6, 6.07) is 3.97. The molecule has 0 radical (unpaired) electrons. The molecular formula is C19H17F3N6O. The van der Waals surface area contributed by atoms with Gasteiger partial charge in [-0.3, -0.25) is 0 Å². The Morgan fingerprint density at radius 3 is 2.69 bits per heavy atom. The van der Waals surface area contributed by atoms with Crippen molar-refractivity contribution in [2.75, 3.05) is 18.1 Å². The van der Waals surface area contributed by atoms with E-state index in [1.807, 2.05) is 11.8 Å². The minimum atomic E-state index is -2.64. The van der Waals surface area contributed by atoms with Crippen molar-refractivity contribution in [1.29, 1.82) is 0 Å². The lowest BCUT2D eigenvalue weighted by atomic mass is 9.99. The van der Waals surface area contributed by atoms with Crippen LogP contribution in [0.15, 0.2) is 36.8 Å². The van der Waals surface area contributed by atoms with Crippen LogP contribution in [0.25, 0.3) is 11.6 Å². The van der Waals surface area contributed by atoms with Crippen molar-refractivity contribution in [1.82, 2.24) is 24.9 Å². The van der Waals surface area contributed by atoms with Crippen LogP contribution >= 0.6 is 0 Å². The van der Waals surface area contributed by atoms with Crippen LogP contribution in [0.3, 0.4) is 0 Å². The molecule has 0 aliphatic carbocycles. The van der Waals surface area contributed by atoms with Gasteiger partial charge in [-0.05, 0) is 13.0 Å². The highest BCUT2D eigenvalue weighted by molar-refractivity contribution is 5.50. The molecule has 10 heteroatoms. The molecule has 7 nitrogen and oxygen atoms in total. The van der Waals surface area contributed by atoms with E-state index in [4.69, 9.17) is 4.74 Å². The van der Waals surface area contributed by atoms with E-state index in [0.29, 0.717) is 30.4 Å². The molecule has 0 saturated heterocycles. The van der Waals surface area contributed by atoms with Crippen LogP contribution in [0.5, 0.6) is 5.75 Å². The fourth-order valence-electron chi connectivity index (χ4n) is 3.25. The standard InChI is InChI=1S/C19H17F3N6O/c1-11-13-9-25-19(18-23-4-2-5-24-18)26-14(13)3-6-28(11)17-8-12(7-16(22)27-17)29-10-15(20)21/h2,4-5,7-9,11,15H,3,6,10H2,1H3. The number of hydrogen-bond acceptors (Lipinski definition) is 7. The van der Waals surface area contributed by atoms with Gasteiger partial charge >= 0.3 is 0 Å². The molecule has 4 heterocycles. The molecule has 29 heavy (non-hydrogen) atoms. The summed E-state index contributed by atoms with van der Waals surface area (Å²) >= 11 is 0. The molecule has 0 N–H and O–H groups in total. The van der Waals surface area contributed by atoms with Gasteiger partial charge in [-0.2, -0.15) is 4.39 Å². The van der Waals surface area contributed by atoms with Crippen molar-refractivity contribution in [2.45, 2.75) is 25.8 Å². The number of alkyl halides is 2. The van der Waals surface area contributed by atoms with Crippen LogP contribution in [-0.2, 0) is 6.42 Å². The SMILES string of the molecule is CC1c2cnc(-c3ncccn3)nc2CCN1c1cc(OCC(F)F)cc(F)n1. The maximum Gasteiger partial charge on any atom is 0.272 e. The second-order valence-electron chi connectivity index (χ2n) is 6.47. The van der Waals surface area contributed by atoms with Gasteiger partial charge in [0.25, 0.3) is 6.43 Å². The number of aromatic nitrogens is 5. The Bertz CT molecular complexity index is 1000. The summed E-state index contributed by atoms with van der Waals surface area (Å²) in [5.74, 6) is 0.411. The summed E-state index contributed by atoms with van der Waals surface area (Å²) < 4.78 is 43.7. The topological polar surface area (TPSA) is 76.9 Å². The second-order valence-corrected chi connectivity index (χ2v) is 6.47. The zero-order chi connectivity index (χ0) is 20.4. The van der Waals surface area contributed by atoms with Crippen LogP contribution in [0.1, 0.15) is 24.2 Å². The average molecular weight is 402 g/mol. The number of anilines is 1. The fourth-order valence-corrected chi connectivity index (χ4v) is 3.25. The number of nitrogens with zero attached hydrogens (tertiary/aromatic N) is 6. The first kappa shape index (κ1) is 19.0. The zero-order valence-electron chi connectivity index (χ0n) is 15.5. The summed E-state index contributed by atoms with van der Waals surface area (Å²) in [4.78, 5) is 23.0.